The highest BCUT2D eigenvalue weighted by Crippen LogP contribution is 2.15. The van der Waals surface area contributed by atoms with Gasteiger partial charge in [0, 0.05) is 12.5 Å². The molecule has 0 aliphatic heterocycles. The Bertz CT molecular complexity index is 1060. The first-order valence-corrected chi connectivity index (χ1v) is 9.61. The normalized spacial score (nSPS) is 12.2. The minimum Gasteiger partial charge on any atom is -0.480 e. The molecule has 0 radical (unpaired) electrons. The van der Waals surface area contributed by atoms with Gasteiger partial charge in [-0.15, -0.1) is 0 Å². The third kappa shape index (κ3) is 5.71. The fraction of sp³-hybridized carbons (Fsp3) is 0.0952. The van der Waals surface area contributed by atoms with Crippen molar-refractivity contribution < 1.29 is 28.3 Å². The van der Waals surface area contributed by atoms with E-state index in [1.807, 2.05) is 6.07 Å². The molecule has 3 N–H and O–H groups in total. The smallest absolute Gasteiger partial charge is 0.326 e. The van der Waals surface area contributed by atoms with Crippen LogP contribution in [0.15, 0.2) is 80.1 Å². The number of furan rings is 2. The van der Waals surface area contributed by atoms with Gasteiger partial charge < -0.3 is 24.6 Å². The molecule has 30 heavy (non-hydrogen) atoms. The third-order valence-electron chi connectivity index (χ3n) is 4.01. The molecule has 3 aromatic rings. The molecule has 2 aromatic heterocycles. The highest BCUT2D eigenvalue weighted by Gasteiger charge is 2.24. The summed E-state index contributed by atoms with van der Waals surface area (Å²) in [5, 5.41) is 14.4. The number of benzene rings is 1. The fourth-order valence-corrected chi connectivity index (χ4v) is 2.89. The second-order valence-corrected chi connectivity index (χ2v) is 6.97. The summed E-state index contributed by atoms with van der Waals surface area (Å²) in [6, 6.07) is 13.8. The Morgan fingerprint density at radius 2 is 1.83 bits per heavy atom. The number of carbonyl (C=O) groups excluding carboxylic acids is 2. The number of rotatable bonds is 8. The first-order chi connectivity index (χ1) is 14.4. The van der Waals surface area contributed by atoms with E-state index in [2.05, 4.69) is 26.6 Å². The SMILES string of the molecule is O=C(N[C@@H](Cc1ccccc1)C(=O)O)/C(=C/c1ccco1)NC(=O)c1ccc(Br)o1. The van der Waals surface area contributed by atoms with E-state index >= 15 is 0 Å². The summed E-state index contributed by atoms with van der Waals surface area (Å²) in [4.78, 5) is 36.9. The third-order valence-corrected chi connectivity index (χ3v) is 4.43. The van der Waals surface area contributed by atoms with E-state index < -0.39 is 23.8 Å². The molecule has 0 unspecified atom stereocenters. The Morgan fingerprint density at radius 3 is 2.43 bits per heavy atom. The standard InChI is InChI=1S/C21H17BrN2O6/c22-18-9-8-17(30-18)20(26)23-15(12-14-7-4-10-29-14)19(25)24-16(21(27)28)11-13-5-2-1-3-6-13/h1-10,12,16H,11H2,(H,23,26)(H,24,25)(H,27,28)/b15-12-/t16-/m0/s1. The van der Waals surface area contributed by atoms with E-state index in [0.29, 0.717) is 10.4 Å². The van der Waals surface area contributed by atoms with Gasteiger partial charge in [-0.25, -0.2) is 4.79 Å². The Morgan fingerprint density at radius 1 is 1.07 bits per heavy atom. The number of hydrogen-bond donors (Lipinski definition) is 3. The van der Waals surface area contributed by atoms with Crippen LogP contribution in [0.5, 0.6) is 0 Å². The molecule has 2 amide bonds. The maximum absolute atomic E-state index is 12.8. The predicted molar refractivity (Wildman–Crippen MR) is 110 cm³/mol. The fourth-order valence-electron chi connectivity index (χ4n) is 2.58. The van der Waals surface area contributed by atoms with Gasteiger partial charge in [-0.05, 0) is 45.8 Å². The molecule has 1 aromatic carbocycles. The van der Waals surface area contributed by atoms with Gasteiger partial charge in [0.05, 0.1) is 6.26 Å². The Labute approximate surface area is 179 Å². The van der Waals surface area contributed by atoms with Crippen molar-refractivity contribution in [1.82, 2.24) is 10.6 Å². The molecular formula is C21H17BrN2O6. The minimum atomic E-state index is -1.20. The predicted octanol–water partition coefficient (Wildman–Crippen LogP) is 3.22. The average molecular weight is 473 g/mol. The van der Waals surface area contributed by atoms with Crippen LogP contribution in [-0.2, 0) is 16.0 Å². The minimum absolute atomic E-state index is 0.0286. The maximum atomic E-state index is 12.8. The van der Waals surface area contributed by atoms with Crippen LogP contribution >= 0.6 is 15.9 Å². The van der Waals surface area contributed by atoms with Crippen LogP contribution in [-0.4, -0.2) is 28.9 Å². The van der Waals surface area contributed by atoms with Gasteiger partial charge in [-0.3, -0.25) is 9.59 Å². The van der Waals surface area contributed by atoms with Crippen molar-refractivity contribution in [3.63, 3.8) is 0 Å². The molecule has 0 fully saturated rings. The van der Waals surface area contributed by atoms with Gasteiger partial charge >= 0.3 is 5.97 Å². The largest absolute Gasteiger partial charge is 0.480 e. The van der Waals surface area contributed by atoms with Gasteiger partial charge in [0.15, 0.2) is 10.4 Å². The van der Waals surface area contributed by atoms with E-state index in [1.165, 1.54) is 24.5 Å². The van der Waals surface area contributed by atoms with Crippen molar-refractivity contribution in [3.8, 4) is 0 Å². The molecule has 0 saturated carbocycles. The lowest BCUT2D eigenvalue weighted by Gasteiger charge is -2.16. The lowest BCUT2D eigenvalue weighted by Crippen LogP contribution is -2.45. The molecule has 2 heterocycles. The first kappa shape index (κ1) is 21.1. The number of halogens is 1. The Hall–Kier alpha value is -3.59. The van der Waals surface area contributed by atoms with Crippen LogP contribution in [0.4, 0.5) is 0 Å². The summed E-state index contributed by atoms with van der Waals surface area (Å²) < 4.78 is 10.7. The molecule has 9 heteroatoms. The first-order valence-electron chi connectivity index (χ1n) is 8.82. The highest BCUT2D eigenvalue weighted by atomic mass is 79.9. The zero-order valence-corrected chi connectivity index (χ0v) is 17.1. The van der Waals surface area contributed by atoms with Crippen LogP contribution in [0.1, 0.15) is 21.9 Å². The highest BCUT2D eigenvalue weighted by molar-refractivity contribution is 9.10. The quantitative estimate of drug-likeness (QED) is 0.432. The molecule has 8 nitrogen and oxygen atoms in total. The van der Waals surface area contributed by atoms with Crippen molar-refractivity contribution in [2.24, 2.45) is 0 Å². The van der Waals surface area contributed by atoms with Gasteiger partial charge in [-0.2, -0.15) is 0 Å². The summed E-state index contributed by atoms with van der Waals surface area (Å²) in [5.74, 6) is -2.39. The van der Waals surface area contributed by atoms with Gasteiger partial charge in [-0.1, -0.05) is 30.3 Å². The van der Waals surface area contributed by atoms with Crippen molar-refractivity contribution in [2.75, 3.05) is 0 Å². The molecule has 3 rings (SSSR count). The van der Waals surface area contributed by atoms with Crippen LogP contribution in [0, 0.1) is 0 Å². The second kappa shape index (κ2) is 9.75. The van der Waals surface area contributed by atoms with E-state index in [0.717, 1.165) is 5.56 Å². The van der Waals surface area contributed by atoms with E-state index in [9.17, 15) is 19.5 Å². The summed E-state index contributed by atoms with van der Waals surface area (Å²) in [7, 11) is 0. The summed E-state index contributed by atoms with van der Waals surface area (Å²) in [6.45, 7) is 0. The Balaban J connectivity index is 1.80. The van der Waals surface area contributed by atoms with Gasteiger partial charge in [0.1, 0.15) is 17.5 Å². The van der Waals surface area contributed by atoms with E-state index in [-0.39, 0.29) is 17.9 Å². The number of carbonyl (C=O) groups is 3. The van der Waals surface area contributed by atoms with Crippen molar-refractivity contribution in [1.29, 1.82) is 0 Å². The zero-order chi connectivity index (χ0) is 21.5. The Kier molecular flexibility index (Phi) is 6.87. The summed E-state index contributed by atoms with van der Waals surface area (Å²) in [6.07, 6.45) is 2.78. The monoisotopic (exact) mass is 472 g/mol. The van der Waals surface area contributed by atoms with Gasteiger partial charge in [0.25, 0.3) is 11.8 Å². The number of carboxylic acid groups (broad SMARTS) is 1. The van der Waals surface area contributed by atoms with Crippen LogP contribution in [0.2, 0.25) is 0 Å². The maximum Gasteiger partial charge on any atom is 0.326 e. The van der Waals surface area contributed by atoms with Crippen LogP contribution in [0.25, 0.3) is 6.08 Å². The lowest BCUT2D eigenvalue weighted by atomic mass is 10.1. The van der Waals surface area contributed by atoms with Crippen LogP contribution < -0.4 is 10.6 Å². The van der Waals surface area contributed by atoms with E-state index in [4.69, 9.17) is 8.83 Å². The molecule has 0 spiro atoms. The van der Waals surface area contributed by atoms with Gasteiger partial charge in [0.2, 0.25) is 0 Å². The molecular weight excluding hydrogens is 456 g/mol. The molecule has 0 saturated heterocycles. The summed E-state index contributed by atoms with van der Waals surface area (Å²) >= 11 is 3.10. The average Bonchev–Trinajstić information content (AvgIpc) is 3.39. The van der Waals surface area contributed by atoms with E-state index in [1.54, 1.807) is 36.4 Å². The molecule has 0 aliphatic rings. The lowest BCUT2D eigenvalue weighted by molar-refractivity contribution is -0.141. The molecule has 154 valence electrons. The number of amides is 2. The number of carboxylic acids is 1. The number of nitrogens with one attached hydrogen (secondary N) is 2. The van der Waals surface area contributed by atoms with Crippen LogP contribution in [0.3, 0.4) is 0 Å². The molecule has 0 aliphatic carbocycles. The number of aliphatic carboxylic acids is 1. The summed E-state index contributed by atoms with van der Waals surface area (Å²) in [5.41, 5.74) is 0.549. The van der Waals surface area contributed by atoms with Crippen molar-refractivity contribution in [2.45, 2.75) is 12.5 Å². The number of hydrogen-bond acceptors (Lipinski definition) is 5. The molecule has 0 bridgehead atoms. The van der Waals surface area contributed by atoms with Crippen molar-refractivity contribution >= 4 is 39.8 Å². The van der Waals surface area contributed by atoms with Crippen molar-refractivity contribution in [3.05, 3.63) is 88.3 Å². The second-order valence-electron chi connectivity index (χ2n) is 6.19. The zero-order valence-electron chi connectivity index (χ0n) is 15.5. The molecule has 1 atom stereocenters. The topological polar surface area (TPSA) is 122 Å².